The Kier molecular flexibility index (Phi) is 7.46. The van der Waals surface area contributed by atoms with Crippen LogP contribution in [0.25, 0.3) is 77.5 Å². The maximum Gasteiger partial charge on any atom is 0.238 e. The predicted molar refractivity (Wildman–Crippen MR) is 243 cm³/mol. The summed E-state index contributed by atoms with van der Waals surface area (Å²) in [6, 6.07) is 47.1. The Balaban J connectivity index is 1.04. The maximum atomic E-state index is 5.22. The van der Waals surface area contributed by atoms with Gasteiger partial charge in [0.15, 0.2) is 0 Å². The van der Waals surface area contributed by atoms with Crippen LogP contribution in [0.3, 0.4) is 0 Å². The zero-order valence-electron chi connectivity index (χ0n) is 33.0. The van der Waals surface area contributed by atoms with Gasteiger partial charge in [0.1, 0.15) is 11.6 Å². The van der Waals surface area contributed by atoms with Crippen molar-refractivity contribution in [2.24, 2.45) is 0 Å². The summed E-state index contributed by atoms with van der Waals surface area (Å²) in [5.74, 6) is 2.51. The van der Waals surface area contributed by atoms with Crippen LogP contribution in [0.15, 0.2) is 176 Å². The van der Waals surface area contributed by atoms with Gasteiger partial charge in [0.05, 0.1) is 22.1 Å². The molecule has 3 aliphatic rings. The minimum Gasteiger partial charge on any atom is -0.309 e. The van der Waals surface area contributed by atoms with Gasteiger partial charge in [0.2, 0.25) is 5.95 Å². The van der Waals surface area contributed by atoms with Crippen LogP contribution in [0.1, 0.15) is 61.3 Å². The molecule has 0 radical (unpaired) electrons. The van der Waals surface area contributed by atoms with Gasteiger partial charge in [-0.3, -0.25) is 4.57 Å². The van der Waals surface area contributed by atoms with Crippen molar-refractivity contribution in [3.8, 4) is 33.9 Å². The molecule has 5 heteroatoms. The lowest BCUT2D eigenvalue weighted by Crippen LogP contribution is -2.15. The van der Waals surface area contributed by atoms with Crippen LogP contribution in [0.5, 0.6) is 0 Å². The van der Waals surface area contributed by atoms with Gasteiger partial charge in [-0.1, -0.05) is 135 Å². The number of hydrogen-bond acceptors (Lipinski definition) is 3. The van der Waals surface area contributed by atoms with Crippen molar-refractivity contribution >= 4 is 43.6 Å². The van der Waals surface area contributed by atoms with Crippen LogP contribution in [0.4, 0.5) is 0 Å². The third-order valence-electron chi connectivity index (χ3n) is 13.0. The van der Waals surface area contributed by atoms with Crippen molar-refractivity contribution < 1.29 is 0 Å². The Morgan fingerprint density at radius 1 is 0.475 bits per heavy atom. The molecular formula is C54H41N5. The lowest BCUT2D eigenvalue weighted by molar-refractivity contribution is 0.661. The molecule has 282 valence electrons. The van der Waals surface area contributed by atoms with Gasteiger partial charge in [-0.2, -0.15) is 9.97 Å². The van der Waals surface area contributed by atoms with Gasteiger partial charge >= 0.3 is 0 Å². The van der Waals surface area contributed by atoms with Gasteiger partial charge in [0.25, 0.3) is 0 Å². The van der Waals surface area contributed by atoms with Crippen molar-refractivity contribution in [3.63, 3.8) is 0 Å². The van der Waals surface area contributed by atoms with E-state index in [0.29, 0.717) is 5.95 Å². The third kappa shape index (κ3) is 5.20. The lowest BCUT2D eigenvalue weighted by Gasteiger charge is -2.21. The topological polar surface area (TPSA) is 48.5 Å². The Bertz CT molecular complexity index is 3270. The summed E-state index contributed by atoms with van der Waals surface area (Å²) in [7, 11) is 0. The van der Waals surface area contributed by atoms with E-state index in [9.17, 15) is 0 Å². The van der Waals surface area contributed by atoms with E-state index in [0.717, 1.165) is 41.2 Å². The summed E-state index contributed by atoms with van der Waals surface area (Å²) >= 11 is 0. The molecule has 6 aromatic carbocycles. The number of para-hydroxylation sites is 2. The summed E-state index contributed by atoms with van der Waals surface area (Å²) in [6.45, 7) is 4.73. The monoisotopic (exact) mass is 759 g/mol. The molecule has 0 saturated carbocycles. The SMILES string of the molecule is CC1(C)c2ccccc2-c2cc3c(cc21)c1cc(-c2ccc4c(c2)c2ccccc2n4-c2nc(C4C=CC=CC4)nc(C4C=CC=CC4)n2)ccc1n3-c1ccccc1. The van der Waals surface area contributed by atoms with Gasteiger partial charge in [-0.25, -0.2) is 4.98 Å². The molecule has 0 amide bonds. The standard InChI is InChI=1S/C54H41N5/c1-54(2)45-24-14-12-22-39(45)41-33-50-44(32-46(41)54)43-31-37(26-28-48(43)58(50)38-20-10-5-11-21-38)36-27-29-49-42(30-36)40-23-13-15-25-47(40)59(49)53-56-51(34-16-6-3-7-17-34)55-52(57-53)35-18-8-4-9-19-35/h3-16,18,20-35H,17,19H2,1-2H3. The molecule has 59 heavy (non-hydrogen) atoms. The zero-order valence-corrected chi connectivity index (χ0v) is 33.0. The van der Waals surface area contributed by atoms with Gasteiger partial charge in [-0.15, -0.1) is 0 Å². The van der Waals surface area contributed by atoms with Gasteiger partial charge in [-0.05, 0) is 101 Å². The maximum absolute atomic E-state index is 5.22. The average Bonchev–Trinajstić information content (AvgIpc) is 3.88. The van der Waals surface area contributed by atoms with Crippen molar-refractivity contribution in [2.75, 3.05) is 0 Å². The predicted octanol–water partition coefficient (Wildman–Crippen LogP) is 13.2. The number of nitrogens with zero attached hydrogens (tertiary/aromatic N) is 5. The molecule has 12 rings (SSSR count). The van der Waals surface area contributed by atoms with Crippen LogP contribution in [0, 0.1) is 0 Å². The molecule has 2 atom stereocenters. The first-order valence-corrected chi connectivity index (χ1v) is 20.8. The molecule has 0 saturated heterocycles. The van der Waals surface area contributed by atoms with Crippen LogP contribution in [0.2, 0.25) is 0 Å². The van der Waals surface area contributed by atoms with Crippen molar-refractivity contribution in [2.45, 2.75) is 43.9 Å². The van der Waals surface area contributed by atoms with E-state index in [4.69, 9.17) is 15.0 Å². The molecule has 0 fully saturated rings. The lowest BCUT2D eigenvalue weighted by atomic mass is 9.82. The summed E-state index contributed by atoms with van der Waals surface area (Å²) < 4.78 is 4.68. The summed E-state index contributed by atoms with van der Waals surface area (Å²) in [6.07, 6.45) is 19.0. The number of allylic oxidation sites excluding steroid dienone is 8. The first-order chi connectivity index (χ1) is 29.0. The largest absolute Gasteiger partial charge is 0.309 e. The third-order valence-corrected chi connectivity index (χ3v) is 13.0. The second-order valence-electron chi connectivity index (χ2n) is 16.7. The zero-order chi connectivity index (χ0) is 39.2. The van der Waals surface area contributed by atoms with Crippen LogP contribution >= 0.6 is 0 Å². The highest BCUT2D eigenvalue weighted by atomic mass is 15.2. The van der Waals surface area contributed by atoms with E-state index in [1.54, 1.807) is 0 Å². The normalized spacial score (nSPS) is 17.7. The first kappa shape index (κ1) is 34.0. The average molecular weight is 760 g/mol. The van der Waals surface area contributed by atoms with Gasteiger partial charge < -0.3 is 4.57 Å². The summed E-state index contributed by atoms with van der Waals surface area (Å²) in [5, 5.41) is 4.87. The van der Waals surface area contributed by atoms with Crippen molar-refractivity contribution in [1.82, 2.24) is 24.1 Å². The number of rotatable bonds is 5. The molecule has 3 aromatic heterocycles. The molecule has 2 unspecified atom stereocenters. The number of benzene rings is 6. The second-order valence-corrected chi connectivity index (χ2v) is 16.7. The van der Waals surface area contributed by atoms with Crippen LogP contribution in [-0.2, 0) is 5.41 Å². The molecule has 3 aliphatic carbocycles. The molecule has 5 nitrogen and oxygen atoms in total. The molecule has 9 aromatic rings. The fraction of sp³-hybridized carbons (Fsp3) is 0.130. The molecule has 3 heterocycles. The fourth-order valence-electron chi connectivity index (χ4n) is 9.99. The number of hydrogen-bond donors (Lipinski definition) is 0. The Morgan fingerprint density at radius 3 is 1.76 bits per heavy atom. The fourth-order valence-corrected chi connectivity index (χ4v) is 9.99. The molecule has 0 bridgehead atoms. The quantitative estimate of drug-likeness (QED) is 0.176. The summed E-state index contributed by atoms with van der Waals surface area (Å²) in [4.78, 5) is 15.6. The Hall–Kier alpha value is -7.11. The van der Waals surface area contributed by atoms with E-state index in [2.05, 4.69) is 199 Å². The van der Waals surface area contributed by atoms with E-state index < -0.39 is 0 Å². The number of fused-ring (bicyclic) bond motifs is 9. The molecular weight excluding hydrogens is 719 g/mol. The van der Waals surface area contributed by atoms with Gasteiger partial charge in [0, 0.05) is 44.5 Å². The highest BCUT2D eigenvalue weighted by Gasteiger charge is 2.36. The summed E-state index contributed by atoms with van der Waals surface area (Å²) in [5.41, 5.74) is 13.5. The van der Waals surface area contributed by atoms with Crippen molar-refractivity contribution in [3.05, 3.63) is 199 Å². The van der Waals surface area contributed by atoms with E-state index in [-0.39, 0.29) is 17.3 Å². The minimum atomic E-state index is -0.0908. The molecule has 0 aliphatic heterocycles. The first-order valence-electron chi connectivity index (χ1n) is 20.8. The Labute approximate surface area is 343 Å². The van der Waals surface area contributed by atoms with E-state index >= 15 is 0 Å². The van der Waals surface area contributed by atoms with E-state index in [1.807, 2.05) is 0 Å². The molecule has 0 spiro atoms. The smallest absolute Gasteiger partial charge is 0.238 e. The number of aromatic nitrogens is 5. The Morgan fingerprint density at radius 2 is 1.07 bits per heavy atom. The van der Waals surface area contributed by atoms with Crippen LogP contribution < -0.4 is 0 Å². The second kappa shape index (κ2) is 13.0. The van der Waals surface area contributed by atoms with E-state index in [1.165, 1.54) is 66.0 Å². The van der Waals surface area contributed by atoms with Crippen LogP contribution in [-0.4, -0.2) is 24.1 Å². The molecule has 0 N–H and O–H groups in total. The highest BCUT2D eigenvalue weighted by Crippen LogP contribution is 2.51. The minimum absolute atomic E-state index is 0.0908. The van der Waals surface area contributed by atoms with Crippen molar-refractivity contribution in [1.29, 1.82) is 0 Å². The highest BCUT2D eigenvalue weighted by molar-refractivity contribution is 6.14.